The minimum absolute atomic E-state index is 0.132. The van der Waals surface area contributed by atoms with Crippen LogP contribution in [0.5, 0.6) is 0 Å². The van der Waals surface area contributed by atoms with E-state index < -0.39 is 0 Å². The summed E-state index contributed by atoms with van der Waals surface area (Å²) in [5, 5.41) is 7.07. The molecule has 0 atom stereocenters. The Morgan fingerprint density at radius 1 is 1.29 bits per heavy atom. The van der Waals surface area contributed by atoms with Gasteiger partial charge in [0.15, 0.2) is 10.2 Å². The first kappa shape index (κ1) is 21.5. The topological polar surface area (TPSA) is 81.9 Å². The molecule has 0 aliphatic carbocycles. The Balaban J connectivity index is 1.40. The Morgan fingerprint density at radius 3 is 2.87 bits per heavy atom. The first-order valence-corrected chi connectivity index (χ1v) is 11.6. The zero-order chi connectivity index (χ0) is 21.8. The average Bonchev–Trinajstić information content (AvgIpc) is 3.43. The van der Waals surface area contributed by atoms with Crippen LogP contribution in [0, 0.1) is 0 Å². The lowest BCUT2D eigenvalue weighted by Gasteiger charge is -2.21. The molecule has 1 aromatic carbocycles. The second-order valence-corrected chi connectivity index (χ2v) is 9.91. The number of carbonyl (C=O) groups excluding carboxylic acids is 1. The molecule has 4 aromatic rings. The Hall–Kier alpha value is -2.75. The van der Waals surface area contributed by atoms with Gasteiger partial charge in [0, 0.05) is 37.1 Å². The number of benzene rings is 1. The molecule has 0 fully saturated rings. The zero-order valence-electron chi connectivity index (χ0n) is 17.5. The SMILES string of the molecule is COC(C)(C)CCSc1nc2ccc(NC(=O)c3ccc(-n4cccn4)nc3)cc2s1. The van der Waals surface area contributed by atoms with Gasteiger partial charge in [0.2, 0.25) is 0 Å². The standard InChI is InChI=1S/C22H23N5O2S2/c1-22(2,29-3)9-12-30-21-26-17-7-6-16(13-18(17)31-21)25-20(28)15-5-8-19(23-14-15)27-11-4-10-24-27/h4-8,10-11,13-14H,9,12H2,1-3H3,(H,25,28). The number of rotatable bonds is 8. The van der Waals surface area contributed by atoms with Gasteiger partial charge in [-0.05, 0) is 56.7 Å². The Bertz CT molecular complexity index is 1170. The lowest BCUT2D eigenvalue weighted by atomic mass is 10.1. The van der Waals surface area contributed by atoms with Crippen LogP contribution in [-0.4, -0.2) is 44.1 Å². The third-order valence-corrected chi connectivity index (χ3v) is 7.02. The number of pyridine rings is 1. The summed E-state index contributed by atoms with van der Waals surface area (Å²) >= 11 is 3.36. The van der Waals surface area contributed by atoms with Crippen LogP contribution in [0.2, 0.25) is 0 Å². The molecule has 3 heterocycles. The van der Waals surface area contributed by atoms with Crippen molar-refractivity contribution < 1.29 is 9.53 Å². The number of methoxy groups -OCH3 is 1. The third kappa shape index (κ3) is 5.30. The number of ether oxygens (including phenoxy) is 1. The van der Waals surface area contributed by atoms with Gasteiger partial charge in [-0.2, -0.15) is 5.10 Å². The maximum atomic E-state index is 12.6. The van der Waals surface area contributed by atoms with E-state index in [0.717, 1.165) is 32.4 Å². The first-order chi connectivity index (χ1) is 14.9. The first-order valence-electron chi connectivity index (χ1n) is 9.79. The molecule has 1 N–H and O–H groups in total. The van der Waals surface area contributed by atoms with Gasteiger partial charge in [0.25, 0.3) is 5.91 Å². The van der Waals surface area contributed by atoms with Crippen molar-refractivity contribution in [2.45, 2.75) is 30.2 Å². The average molecular weight is 454 g/mol. The van der Waals surface area contributed by atoms with E-state index in [1.165, 1.54) is 0 Å². The van der Waals surface area contributed by atoms with Crippen molar-refractivity contribution in [2.24, 2.45) is 0 Å². The van der Waals surface area contributed by atoms with Gasteiger partial charge in [-0.1, -0.05) is 11.8 Å². The number of nitrogens with one attached hydrogen (secondary N) is 1. The third-order valence-electron chi connectivity index (χ3n) is 4.86. The Kier molecular flexibility index (Phi) is 6.35. The summed E-state index contributed by atoms with van der Waals surface area (Å²) in [7, 11) is 1.74. The predicted molar refractivity (Wildman–Crippen MR) is 125 cm³/mol. The molecule has 0 aliphatic rings. The molecule has 1 amide bonds. The van der Waals surface area contributed by atoms with Crippen LogP contribution in [0.1, 0.15) is 30.6 Å². The smallest absolute Gasteiger partial charge is 0.257 e. The summed E-state index contributed by atoms with van der Waals surface area (Å²) in [6.45, 7) is 4.17. The number of hydrogen-bond acceptors (Lipinski definition) is 7. The minimum Gasteiger partial charge on any atom is -0.379 e. The number of thioether (sulfide) groups is 1. The fraction of sp³-hybridized carbons (Fsp3) is 0.273. The minimum atomic E-state index is -0.209. The van der Waals surface area contributed by atoms with Crippen molar-refractivity contribution >= 4 is 44.9 Å². The van der Waals surface area contributed by atoms with E-state index in [1.807, 2.05) is 24.3 Å². The van der Waals surface area contributed by atoms with E-state index in [0.29, 0.717) is 11.4 Å². The quantitative estimate of drug-likeness (QED) is 0.377. The van der Waals surface area contributed by atoms with Crippen LogP contribution < -0.4 is 5.32 Å². The lowest BCUT2D eigenvalue weighted by molar-refractivity contribution is 0.0207. The number of hydrogen-bond donors (Lipinski definition) is 1. The number of nitrogens with zero attached hydrogens (tertiary/aromatic N) is 4. The summed E-state index contributed by atoms with van der Waals surface area (Å²) in [5.74, 6) is 1.39. The highest BCUT2D eigenvalue weighted by Crippen LogP contribution is 2.32. The van der Waals surface area contributed by atoms with Crippen LogP contribution in [0.15, 0.2) is 59.3 Å². The normalized spacial score (nSPS) is 11.7. The maximum Gasteiger partial charge on any atom is 0.257 e. The molecular weight excluding hydrogens is 430 g/mol. The lowest BCUT2D eigenvalue weighted by Crippen LogP contribution is -2.22. The Labute approximate surface area is 188 Å². The number of amides is 1. The molecule has 7 nitrogen and oxygen atoms in total. The molecule has 4 rings (SSSR count). The molecule has 0 spiro atoms. The molecule has 0 unspecified atom stereocenters. The highest BCUT2D eigenvalue weighted by molar-refractivity contribution is 8.01. The second kappa shape index (κ2) is 9.17. The molecule has 0 radical (unpaired) electrons. The summed E-state index contributed by atoms with van der Waals surface area (Å²) in [5.41, 5.74) is 2.01. The van der Waals surface area contributed by atoms with E-state index in [1.54, 1.807) is 65.6 Å². The summed E-state index contributed by atoms with van der Waals surface area (Å²) in [4.78, 5) is 21.6. The second-order valence-electron chi connectivity index (χ2n) is 7.53. The summed E-state index contributed by atoms with van der Waals surface area (Å²) < 4.78 is 9.17. The van der Waals surface area contributed by atoms with Crippen LogP contribution in [0.3, 0.4) is 0 Å². The number of aromatic nitrogens is 4. The number of anilines is 1. The van der Waals surface area contributed by atoms with Gasteiger partial charge in [-0.25, -0.2) is 14.6 Å². The fourth-order valence-electron chi connectivity index (χ4n) is 2.79. The molecule has 0 aliphatic heterocycles. The zero-order valence-corrected chi connectivity index (χ0v) is 19.2. The number of fused-ring (bicyclic) bond motifs is 1. The molecule has 0 bridgehead atoms. The van der Waals surface area contributed by atoms with E-state index in [-0.39, 0.29) is 11.5 Å². The Morgan fingerprint density at radius 2 is 2.16 bits per heavy atom. The number of thiazole rings is 1. The molecule has 9 heteroatoms. The summed E-state index contributed by atoms with van der Waals surface area (Å²) in [6.07, 6.45) is 5.98. The molecule has 3 aromatic heterocycles. The van der Waals surface area contributed by atoms with Gasteiger partial charge < -0.3 is 10.1 Å². The summed E-state index contributed by atoms with van der Waals surface area (Å²) in [6, 6.07) is 11.1. The van der Waals surface area contributed by atoms with Crippen molar-refractivity contribution in [1.82, 2.24) is 19.7 Å². The van der Waals surface area contributed by atoms with Crippen LogP contribution in [0.4, 0.5) is 5.69 Å². The van der Waals surface area contributed by atoms with Crippen molar-refractivity contribution in [3.63, 3.8) is 0 Å². The van der Waals surface area contributed by atoms with Gasteiger partial charge in [0.05, 0.1) is 21.4 Å². The maximum absolute atomic E-state index is 12.6. The van der Waals surface area contributed by atoms with Crippen molar-refractivity contribution in [3.8, 4) is 5.82 Å². The van der Waals surface area contributed by atoms with Gasteiger partial charge in [-0.3, -0.25) is 4.79 Å². The molecule has 0 saturated carbocycles. The van der Waals surface area contributed by atoms with E-state index in [2.05, 4.69) is 34.2 Å². The molecule has 160 valence electrons. The highest BCUT2D eigenvalue weighted by atomic mass is 32.2. The molecular formula is C22H23N5O2S2. The van der Waals surface area contributed by atoms with Crippen molar-refractivity contribution in [3.05, 3.63) is 60.6 Å². The molecule has 31 heavy (non-hydrogen) atoms. The van der Waals surface area contributed by atoms with E-state index in [4.69, 9.17) is 4.74 Å². The number of carbonyl (C=O) groups is 1. The predicted octanol–water partition coefficient (Wildman–Crippen LogP) is 5.04. The van der Waals surface area contributed by atoms with Crippen LogP contribution in [-0.2, 0) is 4.74 Å². The van der Waals surface area contributed by atoms with Gasteiger partial charge in [-0.15, -0.1) is 11.3 Å². The van der Waals surface area contributed by atoms with Gasteiger partial charge >= 0.3 is 0 Å². The van der Waals surface area contributed by atoms with E-state index >= 15 is 0 Å². The largest absolute Gasteiger partial charge is 0.379 e. The van der Waals surface area contributed by atoms with Gasteiger partial charge in [0.1, 0.15) is 0 Å². The van der Waals surface area contributed by atoms with Crippen molar-refractivity contribution in [2.75, 3.05) is 18.2 Å². The molecule has 0 saturated heterocycles. The van der Waals surface area contributed by atoms with Crippen LogP contribution in [0.25, 0.3) is 16.0 Å². The highest BCUT2D eigenvalue weighted by Gasteiger charge is 2.16. The fourth-order valence-corrected chi connectivity index (χ4v) is 5.22. The van der Waals surface area contributed by atoms with E-state index in [9.17, 15) is 4.79 Å². The monoisotopic (exact) mass is 453 g/mol. The van der Waals surface area contributed by atoms with Crippen LogP contribution >= 0.6 is 23.1 Å². The van der Waals surface area contributed by atoms with Crippen molar-refractivity contribution in [1.29, 1.82) is 0 Å².